The van der Waals surface area contributed by atoms with Gasteiger partial charge in [-0.05, 0) is 42.2 Å². The van der Waals surface area contributed by atoms with E-state index in [1.54, 1.807) is 18.2 Å². The molecule has 132 valence electrons. The minimum Gasteiger partial charge on any atom is -0.387 e. The summed E-state index contributed by atoms with van der Waals surface area (Å²) in [6.07, 6.45) is -0.172. The van der Waals surface area contributed by atoms with Gasteiger partial charge in [0.15, 0.2) is 0 Å². The van der Waals surface area contributed by atoms with Gasteiger partial charge in [-0.3, -0.25) is 4.79 Å². The van der Waals surface area contributed by atoms with Gasteiger partial charge < -0.3 is 21.5 Å². The molecule has 2 rings (SSSR count). The fourth-order valence-corrected chi connectivity index (χ4v) is 2.52. The van der Waals surface area contributed by atoms with Gasteiger partial charge >= 0.3 is 6.03 Å². The molecule has 0 spiro atoms. The molecule has 25 heavy (non-hydrogen) atoms. The van der Waals surface area contributed by atoms with Crippen molar-refractivity contribution in [1.29, 1.82) is 0 Å². The van der Waals surface area contributed by atoms with E-state index in [9.17, 15) is 14.7 Å². The molecular weight excluding hydrogens is 318 g/mol. The van der Waals surface area contributed by atoms with Crippen LogP contribution in [-0.2, 0) is 6.42 Å². The highest BCUT2D eigenvalue weighted by Gasteiger charge is 2.11. The van der Waals surface area contributed by atoms with Crippen molar-refractivity contribution in [2.24, 2.45) is 5.73 Å². The van der Waals surface area contributed by atoms with Gasteiger partial charge in [0.05, 0.1) is 6.10 Å². The van der Waals surface area contributed by atoms with E-state index in [4.69, 9.17) is 5.73 Å². The summed E-state index contributed by atoms with van der Waals surface area (Å²) in [5.74, 6) is -0.474. The smallest absolute Gasteiger partial charge is 0.314 e. The Morgan fingerprint density at radius 3 is 2.60 bits per heavy atom. The standard InChI is InChI=1S/C19H23N3O3/c1-13-5-2-3-8-16(13)17(23)12-22-19(25)21-10-9-14-6-4-7-15(11-14)18(20)24/h2-8,11,17,23H,9-10,12H2,1H3,(H2,20,24)(H2,21,22,25)/t17-/m0/s1. The molecule has 0 saturated heterocycles. The zero-order chi connectivity index (χ0) is 18.2. The fraction of sp³-hybridized carbons (Fsp3) is 0.263. The summed E-state index contributed by atoms with van der Waals surface area (Å²) in [4.78, 5) is 23.0. The van der Waals surface area contributed by atoms with Crippen LogP contribution < -0.4 is 16.4 Å². The van der Waals surface area contributed by atoms with E-state index >= 15 is 0 Å². The molecule has 0 aliphatic carbocycles. The minimum atomic E-state index is -0.751. The zero-order valence-corrected chi connectivity index (χ0v) is 14.2. The maximum absolute atomic E-state index is 11.8. The van der Waals surface area contributed by atoms with Gasteiger partial charge in [0, 0.05) is 18.7 Å². The molecule has 0 aliphatic rings. The lowest BCUT2D eigenvalue weighted by molar-refractivity contribution is 0.1000. The molecule has 2 aromatic carbocycles. The SMILES string of the molecule is Cc1ccccc1[C@@H](O)CNC(=O)NCCc1cccc(C(N)=O)c1. The average molecular weight is 341 g/mol. The first-order valence-electron chi connectivity index (χ1n) is 8.11. The molecule has 6 nitrogen and oxygen atoms in total. The fourth-order valence-electron chi connectivity index (χ4n) is 2.52. The molecule has 0 aromatic heterocycles. The number of rotatable bonds is 7. The Labute approximate surface area is 147 Å². The molecular formula is C19H23N3O3. The van der Waals surface area contributed by atoms with E-state index in [0.29, 0.717) is 18.5 Å². The van der Waals surface area contributed by atoms with Gasteiger partial charge in [-0.2, -0.15) is 0 Å². The molecule has 1 atom stereocenters. The lowest BCUT2D eigenvalue weighted by Gasteiger charge is -2.15. The number of aliphatic hydroxyl groups is 1. The lowest BCUT2D eigenvalue weighted by atomic mass is 10.0. The summed E-state index contributed by atoms with van der Waals surface area (Å²) in [5, 5.41) is 15.5. The van der Waals surface area contributed by atoms with Crippen LogP contribution in [0.1, 0.15) is 33.2 Å². The first-order chi connectivity index (χ1) is 12.0. The van der Waals surface area contributed by atoms with Crippen molar-refractivity contribution in [2.75, 3.05) is 13.1 Å². The van der Waals surface area contributed by atoms with Crippen molar-refractivity contribution in [3.05, 3.63) is 70.8 Å². The van der Waals surface area contributed by atoms with Crippen LogP contribution in [0.3, 0.4) is 0 Å². The number of hydrogen-bond donors (Lipinski definition) is 4. The number of aliphatic hydroxyl groups excluding tert-OH is 1. The largest absolute Gasteiger partial charge is 0.387 e. The molecule has 0 saturated carbocycles. The van der Waals surface area contributed by atoms with Crippen LogP contribution in [0, 0.1) is 6.92 Å². The quantitative estimate of drug-likeness (QED) is 0.616. The number of hydrogen-bond acceptors (Lipinski definition) is 3. The minimum absolute atomic E-state index is 0.133. The maximum atomic E-state index is 11.8. The third kappa shape index (κ3) is 5.61. The zero-order valence-electron chi connectivity index (χ0n) is 14.2. The third-order valence-corrected chi connectivity index (χ3v) is 3.91. The Morgan fingerprint density at radius 1 is 1.12 bits per heavy atom. The Balaban J connectivity index is 1.75. The predicted octanol–water partition coefficient (Wildman–Crippen LogP) is 1.67. The van der Waals surface area contributed by atoms with Gasteiger partial charge in [-0.15, -0.1) is 0 Å². The summed E-state index contributed by atoms with van der Waals surface area (Å²) < 4.78 is 0. The molecule has 6 heteroatoms. The first-order valence-corrected chi connectivity index (χ1v) is 8.11. The van der Waals surface area contributed by atoms with Gasteiger partial charge in [-0.25, -0.2) is 4.79 Å². The number of nitrogens with one attached hydrogen (secondary N) is 2. The molecule has 0 bridgehead atoms. The van der Waals surface area contributed by atoms with E-state index in [1.165, 1.54) is 0 Å². The second-order valence-corrected chi connectivity index (χ2v) is 5.82. The molecule has 0 heterocycles. The Morgan fingerprint density at radius 2 is 1.88 bits per heavy atom. The van der Waals surface area contributed by atoms with Crippen molar-refractivity contribution in [3.8, 4) is 0 Å². The second-order valence-electron chi connectivity index (χ2n) is 5.82. The van der Waals surface area contributed by atoms with Crippen molar-refractivity contribution in [3.63, 3.8) is 0 Å². The first kappa shape index (κ1) is 18.5. The summed E-state index contributed by atoms with van der Waals surface area (Å²) in [7, 11) is 0. The van der Waals surface area contributed by atoms with Crippen molar-refractivity contribution in [1.82, 2.24) is 10.6 Å². The van der Waals surface area contributed by atoms with Crippen LogP contribution in [-0.4, -0.2) is 30.1 Å². The van der Waals surface area contributed by atoms with E-state index < -0.39 is 12.0 Å². The number of carbonyl (C=O) groups is 2. The van der Waals surface area contributed by atoms with Gasteiger partial charge in [0.1, 0.15) is 0 Å². The molecule has 0 unspecified atom stereocenters. The van der Waals surface area contributed by atoms with Crippen LogP contribution in [0.25, 0.3) is 0 Å². The van der Waals surface area contributed by atoms with Gasteiger partial charge in [0.2, 0.25) is 5.91 Å². The number of nitrogens with two attached hydrogens (primary N) is 1. The molecule has 0 aliphatic heterocycles. The highest BCUT2D eigenvalue weighted by Crippen LogP contribution is 2.16. The van der Waals surface area contributed by atoms with E-state index in [-0.39, 0.29) is 12.6 Å². The van der Waals surface area contributed by atoms with E-state index in [2.05, 4.69) is 10.6 Å². The van der Waals surface area contributed by atoms with Gasteiger partial charge in [-0.1, -0.05) is 36.4 Å². The monoisotopic (exact) mass is 341 g/mol. The highest BCUT2D eigenvalue weighted by atomic mass is 16.3. The number of urea groups is 1. The summed E-state index contributed by atoms with van der Waals surface area (Å²) in [6, 6.07) is 14.2. The maximum Gasteiger partial charge on any atom is 0.314 e. The van der Waals surface area contributed by atoms with Crippen LogP contribution in [0.5, 0.6) is 0 Å². The van der Waals surface area contributed by atoms with E-state index in [0.717, 1.165) is 16.7 Å². The van der Waals surface area contributed by atoms with Crippen molar-refractivity contribution in [2.45, 2.75) is 19.4 Å². The average Bonchev–Trinajstić information content (AvgIpc) is 2.60. The number of aryl methyl sites for hydroxylation is 1. The Hall–Kier alpha value is -2.86. The molecule has 3 amide bonds. The van der Waals surface area contributed by atoms with Crippen LogP contribution in [0.2, 0.25) is 0 Å². The highest BCUT2D eigenvalue weighted by molar-refractivity contribution is 5.92. The Bertz CT molecular complexity index is 746. The number of primary amides is 1. The number of carbonyl (C=O) groups excluding carboxylic acids is 2. The molecule has 2 aromatic rings. The molecule has 0 radical (unpaired) electrons. The summed E-state index contributed by atoms with van der Waals surface area (Å²) >= 11 is 0. The Kier molecular flexibility index (Phi) is 6.54. The van der Waals surface area contributed by atoms with Crippen molar-refractivity contribution >= 4 is 11.9 Å². The summed E-state index contributed by atoms with van der Waals surface area (Å²) in [5.41, 5.74) is 8.38. The number of amides is 3. The number of benzene rings is 2. The van der Waals surface area contributed by atoms with E-state index in [1.807, 2.05) is 37.3 Å². The van der Waals surface area contributed by atoms with Crippen LogP contribution in [0.4, 0.5) is 4.79 Å². The summed E-state index contributed by atoms with van der Waals surface area (Å²) in [6.45, 7) is 2.46. The molecule has 0 fully saturated rings. The topological polar surface area (TPSA) is 104 Å². The second kappa shape index (κ2) is 8.84. The third-order valence-electron chi connectivity index (χ3n) is 3.91. The lowest BCUT2D eigenvalue weighted by Crippen LogP contribution is -2.38. The van der Waals surface area contributed by atoms with Gasteiger partial charge in [0.25, 0.3) is 0 Å². The predicted molar refractivity (Wildman–Crippen MR) is 96.2 cm³/mol. The van der Waals surface area contributed by atoms with Crippen LogP contribution >= 0.6 is 0 Å². The van der Waals surface area contributed by atoms with Crippen LogP contribution in [0.15, 0.2) is 48.5 Å². The normalized spacial score (nSPS) is 11.6. The van der Waals surface area contributed by atoms with Crippen molar-refractivity contribution < 1.29 is 14.7 Å². The molecule has 5 N–H and O–H groups in total.